The minimum Gasteiger partial charge on any atom is -0.493 e. The molecule has 9 heteroatoms. The maximum atomic E-state index is 12.6. The molecular weight excluding hydrogens is 446 g/mol. The van der Waals surface area contributed by atoms with Crippen molar-refractivity contribution in [1.82, 2.24) is 4.90 Å². The Labute approximate surface area is 188 Å². The van der Waals surface area contributed by atoms with Crippen LogP contribution in [-0.2, 0) is 20.9 Å². The van der Waals surface area contributed by atoms with Crippen LogP contribution in [0.2, 0.25) is 5.02 Å². The topological polar surface area (TPSA) is 65.1 Å². The van der Waals surface area contributed by atoms with Crippen LogP contribution >= 0.6 is 35.6 Å². The monoisotopic (exact) mass is 463 g/mol. The van der Waals surface area contributed by atoms with E-state index in [1.54, 1.807) is 30.3 Å². The molecular formula is C21H18ClNO5S2. The lowest BCUT2D eigenvalue weighted by atomic mass is 10.1. The van der Waals surface area contributed by atoms with Crippen molar-refractivity contribution in [2.75, 3.05) is 20.8 Å². The van der Waals surface area contributed by atoms with E-state index in [0.29, 0.717) is 32.4 Å². The van der Waals surface area contributed by atoms with Gasteiger partial charge in [-0.15, -0.1) is 0 Å². The molecule has 1 saturated heterocycles. The quantitative estimate of drug-likeness (QED) is 0.344. The van der Waals surface area contributed by atoms with Crippen LogP contribution in [0, 0.1) is 0 Å². The normalized spacial score (nSPS) is 14.9. The van der Waals surface area contributed by atoms with Crippen molar-refractivity contribution in [3.63, 3.8) is 0 Å². The van der Waals surface area contributed by atoms with E-state index in [4.69, 9.17) is 33.3 Å². The average Bonchev–Trinajstić information content (AvgIpc) is 3.00. The third-order valence-corrected chi connectivity index (χ3v) is 5.96. The fourth-order valence-electron chi connectivity index (χ4n) is 2.65. The van der Waals surface area contributed by atoms with E-state index in [0.717, 1.165) is 22.9 Å². The van der Waals surface area contributed by atoms with Gasteiger partial charge in [-0.05, 0) is 29.8 Å². The van der Waals surface area contributed by atoms with Crippen molar-refractivity contribution in [2.24, 2.45) is 0 Å². The molecule has 2 aromatic rings. The molecule has 6 nitrogen and oxygen atoms in total. The molecule has 0 unspecified atom stereocenters. The molecule has 0 spiro atoms. The fourth-order valence-corrected chi connectivity index (χ4v) is 4.09. The van der Waals surface area contributed by atoms with E-state index in [1.165, 1.54) is 19.1 Å². The summed E-state index contributed by atoms with van der Waals surface area (Å²) < 4.78 is 16.2. The SMILES string of the molecule is COC(=O)CN1C(=O)C(=Cc2ccc(OCc3ccccc3Cl)c(OC)c2)SC1=S. The van der Waals surface area contributed by atoms with Crippen LogP contribution < -0.4 is 9.47 Å². The Morgan fingerprint density at radius 1 is 1.20 bits per heavy atom. The van der Waals surface area contributed by atoms with Crippen molar-refractivity contribution < 1.29 is 23.8 Å². The first-order chi connectivity index (χ1) is 14.4. The highest BCUT2D eigenvalue weighted by Crippen LogP contribution is 2.35. The van der Waals surface area contributed by atoms with E-state index >= 15 is 0 Å². The van der Waals surface area contributed by atoms with Crippen molar-refractivity contribution in [3.05, 3.63) is 63.5 Å². The van der Waals surface area contributed by atoms with Crippen LogP contribution in [0.5, 0.6) is 11.5 Å². The number of thiocarbonyl (C=S) groups is 1. The van der Waals surface area contributed by atoms with E-state index in [-0.39, 0.29) is 12.5 Å². The lowest BCUT2D eigenvalue weighted by Gasteiger charge is -2.12. The Kier molecular flexibility index (Phi) is 7.36. The average molecular weight is 464 g/mol. The van der Waals surface area contributed by atoms with Crippen LogP contribution in [0.4, 0.5) is 0 Å². The maximum absolute atomic E-state index is 12.6. The Morgan fingerprint density at radius 3 is 2.67 bits per heavy atom. The molecule has 3 rings (SSSR count). The highest BCUT2D eigenvalue weighted by molar-refractivity contribution is 8.26. The molecule has 0 aliphatic carbocycles. The number of methoxy groups -OCH3 is 2. The number of rotatable bonds is 7. The number of ether oxygens (including phenoxy) is 3. The number of hydrogen-bond acceptors (Lipinski definition) is 7. The van der Waals surface area contributed by atoms with Gasteiger partial charge in [-0.1, -0.05) is 59.8 Å². The summed E-state index contributed by atoms with van der Waals surface area (Å²) in [6.45, 7) is 0.0816. The minimum absolute atomic E-state index is 0.212. The van der Waals surface area contributed by atoms with Gasteiger partial charge in [0.05, 0.1) is 19.1 Å². The molecule has 0 N–H and O–H groups in total. The highest BCUT2D eigenvalue weighted by atomic mass is 35.5. The summed E-state index contributed by atoms with van der Waals surface area (Å²) in [7, 11) is 2.80. The van der Waals surface area contributed by atoms with E-state index in [9.17, 15) is 9.59 Å². The van der Waals surface area contributed by atoms with Crippen molar-refractivity contribution in [1.29, 1.82) is 0 Å². The molecule has 30 heavy (non-hydrogen) atoms. The van der Waals surface area contributed by atoms with E-state index < -0.39 is 5.97 Å². The maximum Gasteiger partial charge on any atom is 0.325 e. The van der Waals surface area contributed by atoms with Gasteiger partial charge in [0.15, 0.2) is 11.5 Å². The van der Waals surface area contributed by atoms with Gasteiger partial charge < -0.3 is 14.2 Å². The Balaban J connectivity index is 1.76. The number of thioether (sulfide) groups is 1. The molecule has 1 aliphatic rings. The predicted octanol–water partition coefficient (Wildman–Crippen LogP) is 4.30. The van der Waals surface area contributed by atoms with Crippen LogP contribution in [-0.4, -0.2) is 41.9 Å². The summed E-state index contributed by atoms with van der Waals surface area (Å²) in [6, 6.07) is 12.8. The fraction of sp³-hybridized carbons (Fsp3) is 0.190. The number of esters is 1. The molecule has 1 fully saturated rings. The Bertz CT molecular complexity index is 1020. The number of halogens is 1. The molecule has 0 radical (unpaired) electrons. The second-order valence-corrected chi connectivity index (χ2v) is 8.22. The Morgan fingerprint density at radius 2 is 1.97 bits per heavy atom. The molecule has 1 heterocycles. The first-order valence-electron chi connectivity index (χ1n) is 8.79. The number of carbonyl (C=O) groups excluding carboxylic acids is 2. The summed E-state index contributed by atoms with van der Waals surface area (Å²) in [5, 5.41) is 0.627. The van der Waals surface area contributed by atoms with Gasteiger partial charge in [0.25, 0.3) is 5.91 Å². The summed E-state index contributed by atoms with van der Waals surface area (Å²) >= 11 is 12.5. The van der Waals surface area contributed by atoms with Gasteiger partial charge in [-0.2, -0.15) is 0 Å². The van der Waals surface area contributed by atoms with Crippen molar-refractivity contribution in [2.45, 2.75) is 6.61 Å². The summed E-state index contributed by atoms with van der Waals surface area (Å²) in [6.07, 6.45) is 1.69. The number of benzene rings is 2. The zero-order chi connectivity index (χ0) is 21.7. The molecule has 2 aromatic carbocycles. The van der Waals surface area contributed by atoms with Crippen molar-refractivity contribution in [3.8, 4) is 11.5 Å². The van der Waals surface area contributed by atoms with Gasteiger partial charge in [-0.25, -0.2) is 0 Å². The summed E-state index contributed by atoms with van der Waals surface area (Å²) in [5.74, 6) is 0.191. The second-order valence-electron chi connectivity index (χ2n) is 6.13. The number of carbonyl (C=O) groups is 2. The van der Waals surface area contributed by atoms with Gasteiger partial charge in [0.2, 0.25) is 0 Å². The van der Waals surface area contributed by atoms with Crippen LogP contribution in [0.25, 0.3) is 6.08 Å². The molecule has 0 aromatic heterocycles. The third kappa shape index (κ3) is 5.13. The van der Waals surface area contributed by atoms with Crippen LogP contribution in [0.3, 0.4) is 0 Å². The number of nitrogens with zero attached hydrogens (tertiary/aromatic N) is 1. The van der Waals surface area contributed by atoms with Gasteiger partial charge in [0, 0.05) is 10.6 Å². The lowest BCUT2D eigenvalue weighted by molar-refractivity contribution is -0.143. The molecule has 0 bridgehead atoms. The first kappa shape index (κ1) is 22.1. The Hall–Kier alpha value is -2.55. The zero-order valence-electron chi connectivity index (χ0n) is 16.2. The number of amides is 1. The molecule has 1 aliphatic heterocycles. The largest absolute Gasteiger partial charge is 0.493 e. The van der Waals surface area contributed by atoms with Gasteiger partial charge in [0.1, 0.15) is 17.5 Å². The molecule has 1 amide bonds. The first-order valence-corrected chi connectivity index (χ1v) is 10.4. The van der Waals surface area contributed by atoms with Crippen molar-refractivity contribution >= 4 is 57.9 Å². The zero-order valence-corrected chi connectivity index (χ0v) is 18.6. The van der Waals surface area contributed by atoms with Crippen LogP contribution in [0.1, 0.15) is 11.1 Å². The molecule has 156 valence electrons. The number of hydrogen-bond donors (Lipinski definition) is 0. The minimum atomic E-state index is -0.533. The smallest absolute Gasteiger partial charge is 0.325 e. The van der Waals surface area contributed by atoms with E-state index in [2.05, 4.69) is 4.74 Å². The second kappa shape index (κ2) is 9.97. The predicted molar refractivity (Wildman–Crippen MR) is 121 cm³/mol. The summed E-state index contributed by atoms with van der Waals surface area (Å²) in [5.41, 5.74) is 1.59. The molecule has 0 saturated carbocycles. The summed E-state index contributed by atoms with van der Waals surface area (Å²) in [4.78, 5) is 25.7. The van der Waals surface area contributed by atoms with Gasteiger partial charge in [-0.3, -0.25) is 14.5 Å². The highest BCUT2D eigenvalue weighted by Gasteiger charge is 2.33. The van der Waals surface area contributed by atoms with E-state index in [1.807, 2.05) is 18.2 Å². The van der Waals surface area contributed by atoms with Gasteiger partial charge >= 0.3 is 5.97 Å². The molecule has 0 atom stereocenters. The van der Waals surface area contributed by atoms with Crippen LogP contribution in [0.15, 0.2) is 47.4 Å². The third-order valence-electron chi connectivity index (χ3n) is 4.21. The standard InChI is InChI=1S/C21H18ClNO5S2/c1-26-17-9-13(7-8-16(17)28-12-14-5-3-4-6-15(14)22)10-18-20(25)23(21(29)30-18)11-19(24)27-2/h3-10H,11-12H2,1-2H3. The lowest BCUT2D eigenvalue weighted by Crippen LogP contribution is -2.33.